The number of nitrogen functional groups attached to an aromatic ring is 1. The molecule has 0 unspecified atom stereocenters. The van der Waals surface area contributed by atoms with Gasteiger partial charge < -0.3 is 5.73 Å². The van der Waals surface area contributed by atoms with Gasteiger partial charge in [0.25, 0.3) is 0 Å². The molecule has 0 aliphatic heterocycles. The van der Waals surface area contributed by atoms with Crippen molar-refractivity contribution in [3.05, 3.63) is 46.8 Å². The highest BCUT2D eigenvalue weighted by Crippen LogP contribution is 2.24. The number of hydrogen-bond acceptors (Lipinski definition) is 3. The van der Waals surface area contributed by atoms with Crippen molar-refractivity contribution in [2.75, 3.05) is 5.73 Å². The van der Waals surface area contributed by atoms with Crippen LogP contribution in [0, 0.1) is 5.82 Å². The molecule has 6 heteroatoms. The lowest BCUT2D eigenvalue weighted by Gasteiger charge is -2.02. The van der Waals surface area contributed by atoms with Gasteiger partial charge in [-0.2, -0.15) is 0 Å². The van der Waals surface area contributed by atoms with Crippen molar-refractivity contribution in [3.63, 3.8) is 0 Å². The lowest BCUT2D eigenvalue weighted by molar-refractivity contribution is 0.621. The van der Waals surface area contributed by atoms with Gasteiger partial charge in [0.05, 0.1) is 4.47 Å². The first-order valence-corrected chi connectivity index (χ1v) is 6.00. The molecule has 0 aliphatic rings. The summed E-state index contributed by atoms with van der Waals surface area (Å²) in [5.41, 5.74) is 7.81. The third kappa shape index (κ3) is 1.74. The summed E-state index contributed by atoms with van der Waals surface area (Å²) in [6, 6.07) is 8.24. The van der Waals surface area contributed by atoms with E-state index in [1.165, 1.54) is 6.07 Å². The van der Waals surface area contributed by atoms with Crippen molar-refractivity contribution >= 4 is 27.3 Å². The Morgan fingerprint density at radius 1 is 1.17 bits per heavy atom. The van der Waals surface area contributed by atoms with E-state index < -0.39 is 0 Å². The lowest BCUT2D eigenvalue weighted by Crippen LogP contribution is -1.93. The van der Waals surface area contributed by atoms with Crippen LogP contribution in [-0.4, -0.2) is 14.6 Å². The fraction of sp³-hybridized carbons (Fsp3) is 0. The van der Waals surface area contributed by atoms with Crippen LogP contribution >= 0.6 is 15.9 Å². The van der Waals surface area contributed by atoms with Gasteiger partial charge in [-0.15, -0.1) is 10.2 Å². The molecular formula is C12H8BrFN4. The zero-order valence-corrected chi connectivity index (χ0v) is 10.7. The molecule has 0 radical (unpaired) electrons. The molecule has 0 spiro atoms. The van der Waals surface area contributed by atoms with Gasteiger partial charge in [-0.1, -0.05) is 0 Å². The van der Waals surface area contributed by atoms with Gasteiger partial charge >= 0.3 is 0 Å². The van der Waals surface area contributed by atoms with E-state index in [0.29, 0.717) is 21.6 Å². The van der Waals surface area contributed by atoms with E-state index in [2.05, 4.69) is 26.1 Å². The predicted octanol–water partition coefficient (Wildman–Crippen LogP) is 2.88. The first kappa shape index (κ1) is 11.2. The zero-order valence-electron chi connectivity index (χ0n) is 9.14. The van der Waals surface area contributed by atoms with E-state index in [0.717, 1.165) is 5.56 Å². The first-order valence-electron chi connectivity index (χ1n) is 5.21. The van der Waals surface area contributed by atoms with Crippen molar-refractivity contribution in [3.8, 4) is 11.4 Å². The molecule has 2 N–H and O–H groups in total. The van der Waals surface area contributed by atoms with Crippen LogP contribution in [0.3, 0.4) is 0 Å². The van der Waals surface area contributed by atoms with Crippen molar-refractivity contribution in [1.29, 1.82) is 0 Å². The van der Waals surface area contributed by atoms with E-state index in [9.17, 15) is 4.39 Å². The Bertz CT molecular complexity index is 738. The van der Waals surface area contributed by atoms with Crippen LogP contribution in [0.2, 0.25) is 0 Å². The highest BCUT2D eigenvalue weighted by atomic mass is 79.9. The largest absolute Gasteiger partial charge is 0.398 e. The van der Waals surface area contributed by atoms with Gasteiger partial charge in [0.2, 0.25) is 0 Å². The van der Waals surface area contributed by atoms with Crippen LogP contribution in [0.5, 0.6) is 0 Å². The molecule has 4 nitrogen and oxygen atoms in total. The number of rotatable bonds is 1. The topological polar surface area (TPSA) is 56.2 Å². The Morgan fingerprint density at radius 3 is 2.78 bits per heavy atom. The normalized spacial score (nSPS) is 11.0. The molecule has 90 valence electrons. The van der Waals surface area contributed by atoms with Crippen LogP contribution in [0.1, 0.15) is 0 Å². The van der Waals surface area contributed by atoms with Crippen molar-refractivity contribution in [1.82, 2.24) is 14.6 Å². The van der Waals surface area contributed by atoms with Crippen LogP contribution in [0.4, 0.5) is 10.1 Å². The maximum atomic E-state index is 13.2. The Balaban J connectivity index is 2.24. The summed E-state index contributed by atoms with van der Waals surface area (Å²) in [4.78, 5) is 0. The van der Waals surface area contributed by atoms with E-state index in [1.807, 2.05) is 0 Å². The van der Waals surface area contributed by atoms with Crippen LogP contribution in [0.25, 0.3) is 17.0 Å². The van der Waals surface area contributed by atoms with Gasteiger partial charge in [-0.25, -0.2) is 4.39 Å². The molecule has 0 saturated heterocycles. The third-order valence-corrected chi connectivity index (χ3v) is 3.21. The number of hydrogen-bond donors (Lipinski definition) is 1. The Morgan fingerprint density at radius 2 is 2.00 bits per heavy atom. The Labute approximate surface area is 110 Å². The number of anilines is 1. The average Bonchev–Trinajstić information content (AvgIpc) is 2.75. The van der Waals surface area contributed by atoms with Crippen LogP contribution in [0.15, 0.2) is 41.0 Å². The predicted molar refractivity (Wildman–Crippen MR) is 70.5 cm³/mol. The monoisotopic (exact) mass is 306 g/mol. The SMILES string of the molecule is Nc1ccc2nnc(-c3ccc(F)c(Br)c3)n2c1. The van der Waals surface area contributed by atoms with E-state index in [-0.39, 0.29) is 5.82 Å². The molecule has 3 aromatic rings. The molecule has 18 heavy (non-hydrogen) atoms. The number of aromatic nitrogens is 3. The quantitative estimate of drug-likeness (QED) is 0.752. The molecule has 2 heterocycles. The van der Waals surface area contributed by atoms with Gasteiger partial charge in [0, 0.05) is 17.4 Å². The average molecular weight is 307 g/mol. The molecular weight excluding hydrogens is 299 g/mol. The minimum Gasteiger partial charge on any atom is -0.398 e. The van der Waals surface area contributed by atoms with Gasteiger partial charge in [-0.3, -0.25) is 4.40 Å². The molecule has 0 atom stereocenters. The second-order valence-corrected chi connectivity index (χ2v) is 4.70. The van der Waals surface area contributed by atoms with Crippen molar-refractivity contribution < 1.29 is 4.39 Å². The van der Waals surface area contributed by atoms with E-state index in [1.54, 1.807) is 34.9 Å². The number of nitrogens with two attached hydrogens (primary N) is 1. The fourth-order valence-corrected chi connectivity index (χ4v) is 2.12. The fourth-order valence-electron chi connectivity index (χ4n) is 1.74. The molecule has 3 rings (SSSR count). The number of nitrogens with zero attached hydrogens (tertiary/aromatic N) is 3. The minimum atomic E-state index is -0.313. The number of fused-ring (bicyclic) bond motifs is 1. The second kappa shape index (κ2) is 4.06. The molecule has 0 fully saturated rings. The zero-order chi connectivity index (χ0) is 12.7. The van der Waals surface area contributed by atoms with Crippen LogP contribution in [-0.2, 0) is 0 Å². The molecule has 0 amide bonds. The Hall–Kier alpha value is -1.95. The Kier molecular flexibility index (Phi) is 2.52. The number of pyridine rings is 1. The number of halogens is 2. The molecule has 1 aromatic carbocycles. The summed E-state index contributed by atoms with van der Waals surface area (Å²) in [5, 5.41) is 8.13. The standard InChI is InChI=1S/C12H8BrFN4/c13-9-5-7(1-3-10(9)14)12-17-16-11-4-2-8(15)6-18(11)12/h1-6H,15H2. The van der Waals surface area contributed by atoms with Gasteiger partial charge in [0.15, 0.2) is 11.5 Å². The van der Waals surface area contributed by atoms with Crippen molar-refractivity contribution in [2.24, 2.45) is 0 Å². The lowest BCUT2D eigenvalue weighted by atomic mass is 10.2. The molecule has 0 aliphatic carbocycles. The molecule has 0 bridgehead atoms. The van der Waals surface area contributed by atoms with E-state index >= 15 is 0 Å². The summed E-state index contributed by atoms with van der Waals surface area (Å²) in [6.45, 7) is 0. The van der Waals surface area contributed by atoms with E-state index in [4.69, 9.17) is 5.73 Å². The smallest absolute Gasteiger partial charge is 0.168 e. The molecule has 0 saturated carbocycles. The highest BCUT2D eigenvalue weighted by Gasteiger charge is 2.10. The second-order valence-electron chi connectivity index (χ2n) is 3.84. The number of benzene rings is 1. The van der Waals surface area contributed by atoms with Gasteiger partial charge in [-0.05, 0) is 46.3 Å². The maximum absolute atomic E-state index is 13.2. The van der Waals surface area contributed by atoms with Crippen LogP contribution < -0.4 is 5.73 Å². The third-order valence-electron chi connectivity index (χ3n) is 2.60. The van der Waals surface area contributed by atoms with Crippen molar-refractivity contribution in [2.45, 2.75) is 0 Å². The summed E-state index contributed by atoms with van der Waals surface area (Å²) in [6.07, 6.45) is 1.74. The highest BCUT2D eigenvalue weighted by molar-refractivity contribution is 9.10. The first-order chi connectivity index (χ1) is 8.65. The summed E-state index contributed by atoms with van der Waals surface area (Å²) in [7, 11) is 0. The van der Waals surface area contributed by atoms with Gasteiger partial charge in [0.1, 0.15) is 5.82 Å². The summed E-state index contributed by atoms with van der Waals surface area (Å²) < 4.78 is 15.4. The molecule has 2 aromatic heterocycles. The maximum Gasteiger partial charge on any atom is 0.168 e. The summed E-state index contributed by atoms with van der Waals surface area (Å²) in [5.74, 6) is 0.310. The summed E-state index contributed by atoms with van der Waals surface area (Å²) >= 11 is 3.15. The minimum absolute atomic E-state index is 0.313.